The van der Waals surface area contributed by atoms with Crippen LogP contribution in [0.4, 0.5) is 0 Å². The summed E-state index contributed by atoms with van der Waals surface area (Å²) in [5.41, 5.74) is 1.31. The van der Waals surface area contributed by atoms with Crippen molar-refractivity contribution in [2.45, 2.75) is 26.8 Å². The van der Waals surface area contributed by atoms with E-state index < -0.39 is 0 Å². The molecule has 0 saturated heterocycles. The average Bonchev–Trinajstić information content (AvgIpc) is 2.96. The number of ether oxygens (including phenoxy) is 1. The Hall–Kier alpha value is -1.81. The second-order valence-electron chi connectivity index (χ2n) is 5.31. The molecule has 2 rings (SSSR count). The minimum Gasteiger partial charge on any atom is -0.493 e. The molecule has 1 heterocycles. The molecule has 0 saturated carbocycles. The Balaban J connectivity index is 1.68. The van der Waals surface area contributed by atoms with E-state index in [0.29, 0.717) is 5.92 Å². The van der Waals surface area contributed by atoms with Crippen LogP contribution in [0.5, 0.6) is 5.75 Å². The van der Waals surface area contributed by atoms with Crippen LogP contribution in [-0.4, -0.2) is 23.1 Å². The molecule has 0 spiro atoms. The molecular weight excluding hydrogens is 250 g/mol. The first-order valence-corrected chi connectivity index (χ1v) is 7.15. The lowest BCUT2D eigenvalue weighted by atomic mass is 10.1. The first kappa shape index (κ1) is 14.6. The summed E-state index contributed by atoms with van der Waals surface area (Å²) in [4.78, 5) is 7.25. The summed E-state index contributed by atoms with van der Waals surface area (Å²) in [5.74, 6) is 2.48. The van der Waals surface area contributed by atoms with Crippen molar-refractivity contribution in [2.75, 3.05) is 13.2 Å². The van der Waals surface area contributed by atoms with E-state index in [0.717, 1.165) is 37.7 Å². The van der Waals surface area contributed by atoms with Gasteiger partial charge in [-0.05, 0) is 36.6 Å². The largest absolute Gasteiger partial charge is 0.493 e. The van der Waals surface area contributed by atoms with Crippen molar-refractivity contribution in [3.63, 3.8) is 0 Å². The fraction of sp³-hybridized carbons (Fsp3) is 0.438. The molecule has 0 radical (unpaired) electrons. The van der Waals surface area contributed by atoms with Crippen LogP contribution in [0.15, 0.2) is 36.7 Å². The van der Waals surface area contributed by atoms with Crippen molar-refractivity contribution in [3.8, 4) is 5.75 Å². The Morgan fingerprint density at radius 2 is 2.05 bits per heavy atom. The zero-order valence-corrected chi connectivity index (χ0v) is 12.2. The van der Waals surface area contributed by atoms with Gasteiger partial charge in [-0.3, -0.25) is 0 Å². The molecule has 4 heteroatoms. The highest BCUT2D eigenvalue weighted by atomic mass is 16.5. The van der Waals surface area contributed by atoms with E-state index in [9.17, 15) is 0 Å². The Kier molecular flexibility index (Phi) is 5.62. The number of benzene rings is 1. The smallest absolute Gasteiger partial charge is 0.120 e. The highest BCUT2D eigenvalue weighted by Gasteiger charge is 1.99. The molecule has 0 aliphatic heterocycles. The predicted octanol–water partition coefficient (Wildman–Crippen LogP) is 2.78. The van der Waals surface area contributed by atoms with Gasteiger partial charge in [-0.25, -0.2) is 4.98 Å². The Morgan fingerprint density at radius 1 is 1.25 bits per heavy atom. The first-order chi connectivity index (χ1) is 9.74. The normalized spacial score (nSPS) is 10.9. The van der Waals surface area contributed by atoms with Crippen LogP contribution in [0.3, 0.4) is 0 Å². The van der Waals surface area contributed by atoms with Crippen molar-refractivity contribution in [1.82, 2.24) is 15.3 Å². The standard InChI is InChI=1S/C16H23N3O/c1-13(2)12-20-15-5-3-14(4-6-15)7-8-17-11-16-18-9-10-19-16/h3-6,9-10,13,17H,7-8,11-12H2,1-2H3,(H,18,19). The van der Waals surface area contributed by atoms with Gasteiger partial charge in [-0.1, -0.05) is 26.0 Å². The minimum absolute atomic E-state index is 0.556. The summed E-state index contributed by atoms with van der Waals surface area (Å²) in [7, 11) is 0. The van der Waals surface area contributed by atoms with Crippen molar-refractivity contribution >= 4 is 0 Å². The number of hydrogen-bond acceptors (Lipinski definition) is 3. The fourth-order valence-electron chi connectivity index (χ4n) is 1.85. The van der Waals surface area contributed by atoms with Gasteiger partial charge in [0.15, 0.2) is 0 Å². The van der Waals surface area contributed by atoms with Gasteiger partial charge in [0.25, 0.3) is 0 Å². The number of hydrogen-bond donors (Lipinski definition) is 2. The van der Waals surface area contributed by atoms with E-state index >= 15 is 0 Å². The lowest BCUT2D eigenvalue weighted by Gasteiger charge is -2.09. The summed E-state index contributed by atoms with van der Waals surface area (Å²) in [6.45, 7) is 6.79. The predicted molar refractivity (Wildman–Crippen MR) is 80.8 cm³/mol. The Labute approximate surface area is 120 Å². The number of H-pyrrole nitrogens is 1. The third kappa shape index (κ3) is 5.05. The van der Waals surface area contributed by atoms with Gasteiger partial charge in [0, 0.05) is 12.4 Å². The van der Waals surface area contributed by atoms with Crippen molar-refractivity contribution in [3.05, 3.63) is 48.0 Å². The number of aromatic amines is 1. The van der Waals surface area contributed by atoms with Gasteiger partial charge in [-0.2, -0.15) is 0 Å². The molecule has 0 atom stereocenters. The second kappa shape index (κ2) is 7.70. The van der Waals surface area contributed by atoms with E-state index in [1.165, 1.54) is 5.56 Å². The van der Waals surface area contributed by atoms with Crippen molar-refractivity contribution < 1.29 is 4.74 Å². The molecule has 1 aromatic heterocycles. The van der Waals surface area contributed by atoms with E-state index in [1.807, 2.05) is 18.3 Å². The van der Waals surface area contributed by atoms with Crippen LogP contribution in [0.25, 0.3) is 0 Å². The average molecular weight is 273 g/mol. The third-order valence-corrected chi connectivity index (χ3v) is 2.94. The monoisotopic (exact) mass is 273 g/mol. The van der Waals surface area contributed by atoms with Crippen LogP contribution < -0.4 is 10.1 Å². The van der Waals surface area contributed by atoms with E-state index in [1.54, 1.807) is 6.20 Å². The minimum atomic E-state index is 0.556. The third-order valence-electron chi connectivity index (χ3n) is 2.94. The number of nitrogens with zero attached hydrogens (tertiary/aromatic N) is 1. The summed E-state index contributed by atoms with van der Waals surface area (Å²) in [6, 6.07) is 8.35. The maximum atomic E-state index is 5.67. The number of imidazole rings is 1. The van der Waals surface area contributed by atoms with Gasteiger partial charge in [0.1, 0.15) is 11.6 Å². The molecule has 4 nitrogen and oxygen atoms in total. The van der Waals surface area contributed by atoms with Crippen molar-refractivity contribution in [1.29, 1.82) is 0 Å². The highest BCUT2D eigenvalue weighted by Crippen LogP contribution is 2.13. The van der Waals surface area contributed by atoms with E-state index in [-0.39, 0.29) is 0 Å². The van der Waals surface area contributed by atoms with Gasteiger partial charge in [0.2, 0.25) is 0 Å². The lowest BCUT2D eigenvalue weighted by molar-refractivity contribution is 0.271. The van der Waals surface area contributed by atoms with Gasteiger partial charge >= 0.3 is 0 Å². The molecule has 2 N–H and O–H groups in total. The summed E-state index contributed by atoms with van der Waals surface area (Å²) >= 11 is 0. The topological polar surface area (TPSA) is 49.9 Å². The highest BCUT2D eigenvalue weighted by molar-refractivity contribution is 5.27. The van der Waals surface area contributed by atoms with Crippen LogP contribution in [0, 0.1) is 5.92 Å². The molecule has 20 heavy (non-hydrogen) atoms. The molecule has 2 aromatic rings. The van der Waals surface area contributed by atoms with E-state index in [2.05, 4.69) is 41.3 Å². The number of aromatic nitrogens is 2. The fourth-order valence-corrected chi connectivity index (χ4v) is 1.85. The zero-order chi connectivity index (χ0) is 14.2. The lowest BCUT2D eigenvalue weighted by Crippen LogP contribution is -2.17. The Bertz CT molecular complexity index is 477. The van der Waals surface area contributed by atoms with Crippen molar-refractivity contribution in [2.24, 2.45) is 5.92 Å². The quantitative estimate of drug-likeness (QED) is 0.727. The molecule has 0 aliphatic rings. The molecule has 108 valence electrons. The SMILES string of the molecule is CC(C)COc1ccc(CCNCc2ncc[nH]2)cc1. The summed E-state index contributed by atoms with van der Waals surface area (Å²) in [5, 5.41) is 3.37. The number of rotatable bonds is 8. The van der Waals surface area contributed by atoms with Gasteiger partial charge in [-0.15, -0.1) is 0 Å². The second-order valence-corrected chi connectivity index (χ2v) is 5.31. The Morgan fingerprint density at radius 3 is 2.70 bits per heavy atom. The molecule has 1 aromatic carbocycles. The molecule has 0 aliphatic carbocycles. The molecule has 0 fully saturated rings. The molecule has 0 unspecified atom stereocenters. The van der Waals surface area contributed by atoms with Crippen LogP contribution in [0.2, 0.25) is 0 Å². The number of nitrogens with one attached hydrogen (secondary N) is 2. The van der Waals surface area contributed by atoms with Gasteiger partial charge < -0.3 is 15.0 Å². The summed E-state index contributed by atoms with van der Waals surface area (Å²) in [6.07, 6.45) is 4.62. The molecule has 0 amide bonds. The maximum Gasteiger partial charge on any atom is 0.120 e. The first-order valence-electron chi connectivity index (χ1n) is 7.15. The van der Waals surface area contributed by atoms with Gasteiger partial charge in [0.05, 0.1) is 13.2 Å². The van der Waals surface area contributed by atoms with Crippen LogP contribution >= 0.6 is 0 Å². The summed E-state index contributed by atoms with van der Waals surface area (Å²) < 4.78 is 5.67. The maximum absolute atomic E-state index is 5.67. The van der Waals surface area contributed by atoms with Crippen LogP contribution in [0.1, 0.15) is 25.2 Å². The molecule has 0 bridgehead atoms. The zero-order valence-electron chi connectivity index (χ0n) is 12.2. The van der Waals surface area contributed by atoms with E-state index in [4.69, 9.17) is 4.74 Å². The molecular formula is C16H23N3O. The van der Waals surface area contributed by atoms with Crippen LogP contribution in [-0.2, 0) is 13.0 Å².